The van der Waals surface area contributed by atoms with E-state index in [2.05, 4.69) is 43.6 Å². The monoisotopic (exact) mass is 465 g/mol. The molecule has 5 heteroatoms. The second kappa shape index (κ2) is 12.7. The zero-order chi connectivity index (χ0) is 24.1. The van der Waals surface area contributed by atoms with E-state index in [1.807, 2.05) is 13.8 Å². The average molecular weight is 466 g/mol. The molecular formula is C28H55N3O2. The topological polar surface area (TPSA) is 76.5 Å². The van der Waals surface area contributed by atoms with Crippen molar-refractivity contribution in [2.24, 2.45) is 41.4 Å². The Bertz CT molecular complexity index is 539. The standard InChI is InChI=1S/C26H49N3O2.C2H6/c1-15-5-8-20(17(3)11-15)25-27-14-23(22-10-7-19(30)13-24(22)31)28-26(29-25)21-9-6-16(2)12-18(21)4;1-2/h15-31H,5-14H2,1-4H3;1-2H3. The summed E-state index contributed by atoms with van der Waals surface area (Å²) in [6, 6.07) is 0.259. The molecule has 0 bridgehead atoms. The van der Waals surface area contributed by atoms with Crippen LogP contribution in [-0.2, 0) is 0 Å². The minimum atomic E-state index is -0.404. The van der Waals surface area contributed by atoms with Gasteiger partial charge in [-0.2, -0.15) is 0 Å². The summed E-state index contributed by atoms with van der Waals surface area (Å²) >= 11 is 0. The quantitative estimate of drug-likeness (QED) is 0.425. The summed E-state index contributed by atoms with van der Waals surface area (Å²) in [7, 11) is 0. The zero-order valence-corrected chi connectivity index (χ0v) is 22.4. The fraction of sp³-hybridized carbons (Fsp3) is 1.00. The minimum Gasteiger partial charge on any atom is -0.393 e. The lowest BCUT2D eigenvalue weighted by molar-refractivity contribution is -0.0144. The molecule has 33 heavy (non-hydrogen) atoms. The number of hydrogen-bond donors (Lipinski definition) is 5. The first kappa shape index (κ1) is 27.4. The zero-order valence-electron chi connectivity index (χ0n) is 22.4. The van der Waals surface area contributed by atoms with Crippen LogP contribution in [0.2, 0.25) is 0 Å². The van der Waals surface area contributed by atoms with Crippen LogP contribution in [0.4, 0.5) is 0 Å². The molecule has 5 N–H and O–H groups in total. The smallest absolute Gasteiger partial charge is 0.0618 e. The number of hydrogen-bond acceptors (Lipinski definition) is 5. The molecule has 1 saturated heterocycles. The molecule has 0 aromatic heterocycles. The van der Waals surface area contributed by atoms with Crippen molar-refractivity contribution >= 4 is 0 Å². The van der Waals surface area contributed by atoms with Crippen LogP contribution in [-0.4, -0.2) is 47.3 Å². The molecule has 0 aromatic carbocycles. The Labute approximate surface area is 204 Å². The fourth-order valence-electron chi connectivity index (χ4n) is 7.63. The fourth-order valence-corrected chi connectivity index (χ4v) is 7.63. The highest BCUT2D eigenvalue weighted by molar-refractivity contribution is 4.98. The van der Waals surface area contributed by atoms with Crippen molar-refractivity contribution in [2.75, 3.05) is 6.54 Å². The first-order chi connectivity index (χ1) is 15.8. The third-order valence-electron chi connectivity index (χ3n) is 9.52. The van der Waals surface area contributed by atoms with Gasteiger partial charge in [-0.25, -0.2) is 0 Å². The molecule has 1 heterocycles. The van der Waals surface area contributed by atoms with Crippen molar-refractivity contribution < 1.29 is 10.2 Å². The van der Waals surface area contributed by atoms with E-state index in [0.29, 0.717) is 30.6 Å². The van der Waals surface area contributed by atoms with E-state index in [0.717, 1.165) is 43.1 Å². The third kappa shape index (κ3) is 6.94. The van der Waals surface area contributed by atoms with Crippen molar-refractivity contribution in [1.29, 1.82) is 0 Å². The summed E-state index contributed by atoms with van der Waals surface area (Å²) in [4.78, 5) is 0. The molecule has 4 rings (SSSR count). The highest BCUT2D eigenvalue weighted by Gasteiger charge is 2.42. The molecule has 5 nitrogen and oxygen atoms in total. The van der Waals surface area contributed by atoms with Gasteiger partial charge in [0, 0.05) is 18.5 Å². The van der Waals surface area contributed by atoms with E-state index in [9.17, 15) is 10.2 Å². The lowest BCUT2D eigenvalue weighted by Gasteiger charge is -2.43. The van der Waals surface area contributed by atoms with Crippen molar-refractivity contribution in [3.63, 3.8) is 0 Å². The summed E-state index contributed by atoms with van der Waals surface area (Å²) in [5.41, 5.74) is 0. The van der Waals surface area contributed by atoms with E-state index in [4.69, 9.17) is 0 Å². The first-order valence-electron chi connectivity index (χ1n) is 14.4. The Kier molecular flexibility index (Phi) is 10.5. The van der Waals surface area contributed by atoms with Gasteiger partial charge in [-0.3, -0.25) is 10.6 Å². The third-order valence-corrected chi connectivity index (χ3v) is 9.52. The van der Waals surface area contributed by atoms with Crippen LogP contribution in [0.15, 0.2) is 0 Å². The summed E-state index contributed by atoms with van der Waals surface area (Å²) in [5.74, 6) is 4.69. The van der Waals surface area contributed by atoms with Crippen LogP contribution in [0, 0.1) is 41.4 Å². The van der Waals surface area contributed by atoms with Gasteiger partial charge in [0.15, 0.2) is 0 Å². The predicted molar refractivity (Wildman–Crippen MR) is 138 cm³/mol. The maximum Gasteiger partial charge on any atom is 0.0618 e. The normalized spacial score (nSPS) is 49.5. The van der Waals surface area contributed by atoms with Gasteiger partial charge in [-0.05, 0) is 80.5 Å². The van der Waals surface area contributed by atoms with Crippen LogP contribution in [0.25, 0.3) is 0 Å². The Morgan fingerprint density at radius 1 is 0.606 bits per heavy atom. The average Bonchev–Trinajstić information content (AvgIpc) is 2.98. The molecule has 194 valence electrons. The number of nitrogens with one attached hydrogen (secondary N) is 3. The number of rotatable bonds is 3. The van der Waals surface area contributed by atoms with Crippen LogP contribution in [0.3, 0.4) is 0 Å². The molecule has 4 fully saturated rings. The van der Waals surface area contributed by atoms with E-state index in [-0.39, 0.29) is 18.1 Å². The molecule has 0 aromatic rings. The maximum absolute atomic E-state index is 10.8. The SMILES string of the molecule is CC.CC1CCC(C2NCC(C3CCC(O)CC3O)NC(C3CCC(C)CC3C)N2)C(C)C1. The molecule has 12 unspecified atom stereocenters. The van der Waals surface area contributed by atoms with Crippen LogP contribution in [0.5, 0.6) is 0 Å². The van der Waals surface area contributed by atoms with Gasteiger partial charge in [0.2, 0.25) is 0 Å². The van der Waals surface area contributed by atoms with Crippen molar-refractivity contribution in [3.05, 3.63) is 0 Å². The van der Waals surface area contributed by atoms with Crippen LogP contribution in [0.1, 0.15) is 99.3 Å². The van der Waals surface area contributed by atoms with Crippen LogP contribution >= 0.6 is 0 Å². The van der Waals surface area contributed by atoms with Crippen LogP contribution < -0.4 is 16.0 Å². The molecule has 0 spiro atoms. The van der Waals surface area contributed by atoms with Gasteiger partial charge in [-0.15, -0.1) is 0 Å². The molecule has 1 aliphatic heterocycles. The Morgan fingerprint density at radius 2 is 1.15 bits per heavy atom. The van der Waals surface area contributed by atoms with Gasteiger partial charge < -0.3 is 15.5 Å². The van der Waals surface area contributed by atoms with Gasteiger partial charge in [0.05, 0.1) is 24.5 Å². The second-order valence-electron chi connectivity index (χ2n) is 12.1. The largest absolute Gasteiger partial charge is 0.393 e. The molecule has 4 aliphatic rings. The molecule has 3 aliphatic carbocycles. The van der Waals surface area contributed by atoms with E-state index in [1.165, 1.54) is 38.5 Å². The molecule has 0 radical (unpaired) electrons. The van der Waals surface area contributed by atoms with E-state index in [1.54, 1.807) is 0 Å². The minimum absolute atomic E-state index is 0.223. The number of aliphatic hydroxyl groups is 2. The van der Waals surface area contributed by atoms with E-state index < -0.39 is 6.10 Å². The molecule has 12 atom stereocenters. The summed E-state index contributed by atoms with van der Waals surface area (Å²) < 4.78 is 0. The predicted octanol–water partition coefficient (Wildman–Crippen LogP) is 4.48. The van der Waals surface area contributed by atoms with Crippen molar-refractivity contribution in [3.8, 4) is 0 Å². The van der Waals surface area contributed by atoms with Crippen molar-refractivity contribution in [2.45, 2.75) is 130 Å². The number of aliphatic hydroxyl groups excluding tert-OH is 2. The maximum atomic E-state index is 10.8. The van der Waals surface area contributed by atoms with Gasteiger partial charge >= 0.3 is 0 Å². The highest BCUT2D eigenvalue weighted by atomic mass is 16.3. The summed E-state index contributed by atoms with van der Waals surface area (Å²) in [6.45, 7) is 14.6. The Morgan fingerprint density at radius 3 is 1.70 bits per heavy atom. The lowest BCUT2D eigenvalue weighted by Crippen LogP contribution is -2.59. The summed E-state index contributed by atoms with van der Waals surface area (Å²) in [5, 5.41) is 32.9. The second-order valence-corrected chi connectivity index (χ2v) is 12.1. The highest BCUT2D eigenvalue weighted by Crippen LogP contribution is 2.39. The molecular weight excluding hydrogens is 410 g/mol. The molecule has 3 saturated carbocycles. The Hall–Kier alpha value is -0.200. The molecule has 0 amide bonds. The van der Waals surface area contributed by atoms with Gasteiger partial charge in [0.1, 0.15) is 0 Å². The summed E-state index contributed by atoms with van der Waals surface area (Å²) in [6.07, 6.45) is 10.1. The van der Waals surface area contributed by atoms with Gasteiger partial charge in [0.25, 0.3) is 0 Å². The van der Waals surface area contributed by atoms with Crippen molar-refractivity contribution in [1.82, 2.24) is 16.0 Å². The lowest BCUT2D eigenvalue weighted by atomic mass is 9.72. The Balaban J connectivity index is 0.00000149. The first-order valence-corrected chi connectivity index (χ1v) is 14.4. The van der Waals surface area contributed by atoms with E-state index >= 15 is 0 Å². The van der Waals surface area contributed by atoms with Gasteiger partial charge in [-0.1, -0.05) is 54.4 Å².